The van der Waals surface area contributed by atoms with Crippen LogP contribution in [0.2, 0.25) is 0 Å². The van der Waals surface area contributed by atoms with Gasteiger partial charge in [-0.2, -0.15) is 0 Å². The van der Waals surface area contributed by atoms with E-state index in [1.165, 1.54) is 0 Å². The van der Waals surface area contributed by atoms with Crippen LogP contribution in [0.15, 0.2) is 0 Å². The molecular weight excluding hydrogens is 92.1 g/mol. The van der Waals surface area contributed by atoms with Gasteiger partial charge in [0.05, 0.1) is 12.2 Å². The van der Waals surface area contributed by atoms with Crippen molar-refractivity contribution >= 4 is 0 Å². The Morgan fingerprint density at radius 1 is 1.14 bits per heavy atom. The van der Waals surface area contributed by atoms with Crippen molar-refractivity contribution < 1.29 is 10.2 Å². The largest absolute Gasteiger partial charge is 0.390 e. The third-order valence-electron chi connectivity index (χ3n) is 1.71. The lowest BCUT2D eigenvalue weighted by Crippen LogP contribution is -1.92. The van der Waals surface area contributed by atoms with Gasteiger partial charge in [-0.05, 0) is 0 Å². The molecule has 2 heteroatoms. The first-order valence-electron chi connectivity index (χ1n) is 2.43. The van der Waals surface area contributed by atoms with Gasteiger partial charge in [0.2, 0.25) is 0 Å². The second kappa shape index (κ2) is 1.01. The topological polar surface area (TPSA) is 40.5 Å². The average molecular weight is 102 g/mol. The molecule has 0 radical (unpaired) electrons. The van der Waals surface area contributed by atoms with Gasteiger partial charge in [0.15, 0.2) is 0 Å². The monoisotopic (exact) mass is 102 g/mol. The van der Waals surface area contributed by atoms with E-state index >= 15 is 0 Å². The fourth-order valence-electron chi connectivity index (χ4n) is 0.584. The van der Waals surface area contributed by atoms with Crippen molar-refractivity contribution in [3.63, 3.8) is 0 Å². The van der Waals surface area contributed by atoms with E-state index in [0.29, 0.717) is 0 Å². The van der Waals surface area contributed by atoms with Crippen LogP contribution in [0.1, 0.15) is 13.8 Å². The molecule has 2 N–H and O–H groups in total. The summed E-state index contributed by atoms with van der Waals surface area (Å²) in [6.07, 6.45) is -0.958. The fourth-order valence-corrected chi connectivity index (χ4v) is 0.584. The van der Waals surface area contributed by atoms with Gasteiger partial charge >= 0.3 is 0 Å². The number of hydrogen-bond acceptors (Lipinski definition) is 2. The zero-order valence-corrected chi connectivity index (χ0v) is 4.55. The van der Waals surface area contributed by atoms with Crippen LogP contribution in [-0.4, -0.2) is 22.4 Å². The smallest absolute Gasteiger partial charge is 0.0881 e. The maximum absolute atomic E-state index is 8.71. The van der Waals surface area contributed by atoms with E-state index in [0.717, 1.165) is 0 Å². The van der Waals surface area contributed by atoms with Gasteiger partial charge in [0.25, 0.3) is 0 Å². The maximum atomic E-state index is 8.71. The highest BCUT2D eigenvalue weighted by Gasteiger charge is 2.56. The molecule has 42 valence electrons. The first-order chi connectivity index (χ1) is 3.07. The standard InChI is InChI=1S/C5H10O2/c1-5(2)3(6)4(5)7/h3-4,6-7H,1-2H3. The SMILES string of the molecule is CC1(C)C(O)C1O. The zero-order valence-electron chi connectivity index (χ0n) is 4.55. The Labute approximate surface area is 42.8 Å². The quantitative estimate of drug-likeness (QED) is 0.442. The van der Waals surface area contributed by atoms with Crippen LogP contribution in [0.25, 0.3) is 0 Å². The Bertz CT molecular complexity index is 78.1. The Kier molecular flexibility index (Phi) is 0.730. The van der Waals surface area contributed by atoms with Crippen molar-refractivity contribution in [3.8, 4) is 0 Å². The Hall–Kier alpha value is -0.0800. The van der Waals surface area contributed by atoms with Crippen LogP contribution in [0, 0.1) is 5.41 Å². The lowest BCUT2D eigenvalue weighted by atomic mass is 10.2. The molecule has 0 amide bonds. The fraction of sp³-hybridized carbons (Fsp3) is 1.00. The Balaban J connectivity index is 2.52. The van der Waals surface area contributed by atoms with Crippen LogP contribution in [0.3, 0.4) is 0 Å². The molecule has 0 aromatic rings. The third kappa shape index (κ3) is 0.469. The summed E-state index contributed by atoms with van der Waals surface area (Å²) in [6, 6.07) is 0. The first kappa shape index (κ1) is 5.06. The van der Waals surface area contributed by atoms with Crippen LogP contribution < -0.4 is 0 Å². The predicted molar refractivity (Wildman–Crippen MR) is 25.8 cm³/mol. The molecule has 0 saturated heterocycles. The average Bonchev–Trinajstić information content (AvgIpc) is 1.91. The van der Waals surface area contributed by atoms with E-state index in [4.69, 9.17) is 10.2 Å². The van der Waals surface area contributed by atoms with Gasteiger partial charge < -0.3 is 10.2 Å². The van der Waals surface area contributed by atoms with Crippen LogP contribution in [0.5, 0.6) is 0 Å². The van der Waals surface area contributed by atoms with E-state index < -0.39 is 12.2 Å². The molecule has 0 aromatic carbocycles. The summed E-state index contributed by atoms with van der Waals surface area (Å²) in [7, 11) is 0. The molecule has 2 nitrogen and oxygen atoms in total. The van der Waals surface area contributed by atoms with Crippen molar-refractivity contribution in [2.75, 3.05) is 0 Å². The molecule has 1 saturated carbocycles. The zero-order chi connectivity index (χ0) is 5.65. The second-order valence-electron chi connectivity index (χ2n) is 2.71. The van der Waals surface area contributed by atoms with E-state index in [-0.39, 0.29) is 5.41 Å². The molecule has 1 aliphatic rings. The third-order valence-corrected chi connectivity index (χ3v) is 1.71. The van der Waals surface area contributed by atoms with E-state index in [9.17, 15) is 0 Å². The molecular formula is C5H10O2. The van der Waals surface area contributed by atoms with Crippen LogP contribution >= 0.6 is 0 Å². The molecule has 1 rings (SSSR count). The molecule has 2 unspecified atom stereocenters. The molecule has 1 fully saturated rings. The lowest BCUT2D eigenvalue weighted by Gasteiger charge is -1.91. The summed E-state index contributed by atoms with van der Waals surface area (Å²) < 4.78 is 0. The summed E-state index contributed by atoms with van der Waals surface area (Å²) in [6.45, 7) is 3.67. The van der Waals surface area contributed by atoms with Crippen molar-refractivity contribution in [2.24, 2.45) is 5.41 Å². The molecule has 0 aliphatic heterocycles. The molecule has 0 aromatic heterocycles. The minimum Gasteiger partial charge on any atom is -0.390 e. The van der Waals surface area contributed by atoms with Crippen LogP contribution in [0.4, 0.5) is 0 Å². The summed E-state index contributed by atoms with van der Waals surface area (Å²) in [4.78, 5) is 0. The molecule has 2 atom stereocenters. The summed E-state index contributed by atoms with van der Waals surface area (Å²) >= 11 is 0. The van der Waals surface area contributed by atoms with Crippen molar-refractivity contribution in [1.29, 1.82) is 0 Å². The second-order valence-corrected chi connectivity index (χ2v) is 2.71. The van der Waals surface area contributed by atoms with E-state index in [2.05, 4.69) is 0 Å². The molecule has 0 heterocycles. The van der Waals surface area contributed by atoms with Crippen molar-refractivity contribution in [3.05, 3.63) is 0 Å². The van der Waals surface area contributed by atoms with Gasteiger partial charge in [-0.3, -0.25) is 0 Å². The first-order valence-corrected chi connectivity index (χ1v) is 2.43. The summed E-state index contributed by atoms with van der Waals surface area (Å²) in [5, 5.41) is 17.4. The van der Waals surface area contributed by atoms with Crippen LogP contribution in [-0.2, 0) is 0 Å². The van der Waals surface area contributed by atoms with Gasteiger partial charge in [-0.15, -0.1) is 0 Å². The summed E-state index contributed by atoms with van der Waals surface area (Å²) in [5.74, 6) is 0. The van der Waals surface area contributed by atoms with E-state index in [1.807, 2.05) is 13.8 Å². The maximum Gasteiger partial charge on any atom is 0.0881 e. The molecule has 0 spiro atoms. The minimum atomic E-state index is -0.479. The van der Waals surface area contributed by atoms with Gasteiger partial charge in [0.1, 0.15) is 0 Å². The summed E-state index contributed by atoms with van der Waals surface area (Å²) in [5.41, 5.74) is -0.222. The minimum absolute atomic E-state index is 0.222. The highest BCUT2D eigenvalue weighted by atomic mass is 16.4. The number of aliphatic hydroxyl groups excluding tert-OH is 2. The van der Waals surface area contributed by atoms with Gasteiger partial charge in [-0.25, -0.2) is 0 Å². The van der Waals surface area contributed by atoms with Crippen molar-refractivity contribution in [2.45, 2.75) is 26.1 Å². The molecule has 7 heavy (non-hydrogen) atoms. The predicted octanol–water partition coefficient (Wildman–Crippen LogP) is -0.252. The molecule has 0 bridgehead atoms. The highest BCUT2D eigenvalue weighted by molar-refractivity contribution is 5.06. The number of rotatable bonds is 0. The van der Waals surface area contributed by atoms with Crippen molar-refractivity contribution in [1.82, 2.24) is 0 Å². The highest BCUT2D eigenvalue weighted by Crippen LogP contribution is 2.44. The number of aliphatic hydroxyl groups is 2. The van der Waals surface area contributed by atoms with Gasteiger partial charge in [0, 0.05) is 5.41 Å². The normalized spacial score (nSPS) is 46.3. The Morgan fingerprint density at radius 2 is 1.29 bits per heavy atom. The lowest BCUT2D eigenvalue weighted by molar-refractivity contribution is 0.180. The molecule has 1 aliphatic carbocycles. The number of hydrogen-bond donors (Lipinski definition) is 2. The Morgan fingerprint density at radius 3 is 1.29 bits per heavy atom. The van der Waals surface area contributed by atoms with E-state index in [1.54, 1.807) is 0 Å². The van der Waals surface area contributed by atoms with Gasteiger partial charge in [-0.1, -0.05) is 13.8 Å².